The highest BCUT2D eigenvalue weighted by Crippen LogP contribution is 2.37. The quantitative estimate of drug-likeness (QED) is 0.527. The summed E-state index contributed by atoms with van der Waals surface area (Å²) in [5.74, 6) is 0.802. The van der Waals surface area contributed by atoms with Gasteiger partial charge in [0.1, 0.15) is 0 Å². The highest BCUT2D eigenvalue weighted by Gasteiger charge is 2.50. The summed E-state index contributed by atoms with van der Waals surface area (Å²) >= 11 is 4.15. The van der Waals surface area contributed by atoms with E-state index in [0.717, 1.165) is 12.1 Å². The molecule has 0 radical (unpaired) electrons. The zero-order valence-corrected chi connectivity index (χ0v) is 9.15. The number of thiol groups is 1. The molecule has 0 atom stereocenters. The van der Waals surface area contributed by atoms with Crippen molar-refractivity contribution < 1.29 is 9.31 Å². The Balaban J connectivity index is 2.61. The van der Waals surface area contributed by atoms with Crippen molar-refractivity contribution in [2.75, 3.05) is 5.75 Å². The van der Waals surface area contributed by atoms with Crippen molar-refractivity contribution in [3.8, 4) is 0 Å². The molecule has 0 aromatic carbocycles. The van der Waals surface area contributed by atoms with Gasteiger partial charge in [-0.05, 0) is 39.8 Å². The Morgan fingerprint density at radius 3 is 1.83 bits per heavy atom. The van der Waals surface area contributed by atoms with Gasteiger partial charge < -0.3 is 9.31 Å². The van der Waals surface area contributed by atoms with Gasteiger partial charge in [-0.1, -0.05) is 0 Å². The van der Waals surface area contributed by atoms with Crippen molar-refractivity contribution in [3.05, 3.63) is 0 Å². The van der Waals surface area contributed by atoms with E-state index in [1.54, 1.807) is 0 Å². The molecule has 0 bridgehead atoms. The molecule has 4 heteroatoms. The molecule has 0 spiro atoms. The molecule has 0 saturated carbocycles. The summed E-state index contributed by atoms with van der Waals surface area (Å²) in [4.78, 5) is 0. The summed E-state index contributed by atoms with van der Waals surface area (Å²) < 4.78 is 11.5. The van der Waals surface area contributed by atoms with Crippen LogP contribution in [-0.4, -0.2) is 24.1 Å². The second kappa shape index (κ2) is 3.24. The predicted molar refractivity (Wildman–Crippen MR) is 54.7 cm³/mol. The van der Waals surface area contributed by atoms with Crippen molar-refractivity contribution in [3.63, 3.8) is 0 Å². The van der Waals surface area contributed by atoms with Gasteiger partial charge >= 0.3 is 7.12 Å². The van der Waals surface area contributed by atoms with Crippen LogP contribution in [0.3, 0.4) is 0 Å². The van der Waals surface area contributed by atoms with E-state index in [9.17, 15) is 0 Å². The Kier molecular flexibility index (Phi) is 2.81. The Bertz CT molecular complexity index is 154. The molecular weight excluding hydrogens is 171 g/mol. The van der Waals surface area contributed by atoms with Crippen LogP contribution in [0.5, 0.6) is 0 Å². The maximum absolute atomic E-state index is 5.73. The molecule has 0 N–H and O–H groups in total. The topological polar surface area (TPSA) is 18.5 Å². The van der Waals surface area contributed by atoms with E-state index >= 15 is 0 Å². The van der Waals surface area contributed by atoms with Gasteiger partial charge in [0, 0.05) is 0 Å². The van der Waals surface area contributed by atoms with E-state index in [2.05, 4.69) is 40.3 Å². The molecule has 1 aliphatic rings. The fraction of sp³-hybridized carbons (Fsp3) is 1.00. The monoisotopic (exact) mass is 188 g/mol. The SMILES string of the molecule is CC1(C)OB(CCS)OC1(C)C. The third-order valence-corrected chi connectivity index (χ3v) is 2.93. The molecule has 0 amide bonds. The third kappa shape index (κ3) is 1.81. The number of rotatable bonds is 2. The minimum Gasteiger partial charge on any atom is -0.403 e. The Labute approximate surface area is 80.6 Å². The predicted octanol–water partition coefficient (Wildman–Crippen LogP) is 2.01. The Hall–Kier alpha value is 0.335. The van der Waals surface area contributed by atoms with Crippen molar-refractivity contribution in [2.24, 2.45) is 0 Å². The maximum atomic E-state index is 5.73. The molecule has 1 saturated heterocycles. The molecule has 1 aliphatic heterocycles. The molecule has 0 aromatic heterocycles. The van der Waals surface area contributed by atoms with Gasteiger partial charge in [0.2, 0.25) is 0 Å². The average molecular weight is 188 g/mol. The van der Waals surface area contributed by atoms with Crippen LogP contribution in [0.2, 0.25) is 6.32 Å². The summed E-state index contributed by atoms with van der Waals surface area (Å²) in [5, 5.41) is 0. The van der Waals surface area contributed by atoms with Crippen molar-refractivity contribution in [1.82, 2.24) is 0 Å². The summed E-state index contributed by atoms with van der Waals surface area (Å²) in [7, 11) is -0.0764. The first-order valence-electron chi connectivity index (χ1n) is 4.35. The summed E-state index contributed by atoms with van der Waals surface area (Å²) in [6.45, 7) is 8.24. The lowest BCUT2D eigenvalue weighted by Crippen LogP contribution is -2.41. The van der Waals surface area contributed by atoms with E-state index < -0.39 is 0 Å². The molecule has 12 heavy (non-hydrogen) atoms. The van der Waals surface area contributed by atoms with Crippen LogP contribution in [0.25, 0.3) is 0 Å². The molecule has 0 aromatic rings. The van der Waals surface area contributed by atoms with Crippen LogP contribution in [0.15, 0.2) is 0 Å². The summed E-state index contributed by atoms with van der Waals surface area (Å²) in [5.41, 5.74) is -0.388. The first kappa shape index (κ1) is 10.4. The van der Waals surface area contributed by atoms with Crippen LogP contribution >= 0.6 is 12.6 Å². The van der Waals surface area contributed by atoms with Gasteiger partial charge in [-0.2, -0.15) is 12.6 Å². The minimum atomic E-state index is -0.194. The van der Waals surface area contributed by atoms with Crippen LogP contribution in [0, 0.1) is 0 Å². The average Bonchev–Trinajstić information content (AvgIpc) is 2.02. The number of hydrogen-bond acceptors (Lipinski definition) is 3. The van der Waals surface area contributed by atoms with E-state index in [-0.39, 0.29) is 18.3 Å². The van der Waals surface area contributed by atoms with Gasteiger partial charge in [-0.3, -0.25) is 0 Å². The molecule has 1 fully saturated rings. The van der Waals surface area contributed by atoms with E-state index in [1.807, 2.05) is 0 Å². The zero-order valence-electron chi connectivity index (χ0n) is 8.26. The van der Waals surface area contributed by atoms with E-state index in [0.29, 0.717) is 0 Å². The van der Waals surface area contributed by atoms with Crippen LogP contribution < -0.4 is 0 Å². The van der Waals surface area contributed by atoms with Gasteiger partial charge in [0.05, 0.1) is 11.2 Å². The zero-order chi connectivity index (χ0) is 9.41. The lowest BCUT2D eigenvalue weighted by atomic mass is 9.86. The fourth-order valence-electron chi connectivity index (χ4n) is 1.19. The lowest BCUT2D eigenvalue weighted by molar-refractivity contribution is 0.00578. The largest absolute Gasteiger partial charge is 0.458 e. The van der Waals surface area contributed by atoms with Gasteiger partial charge in [0.15, 0.2) is 0 Å². The normalized spacial score (nSPS) is 26.2. The Morgan fingerprint density at radius 1 is 1.08 bits per heavy atom. The lowest BCUT2D eigenvalue weighted by Gasteiger charge is -2.32. The number of hydrogen-bond donors (Lipinski definition) is 1. The second-order valence-corrected chi connectivity index (χ2v) is 4.65. The smallest absolute Gasteiger partial charge is 0.403 e. The molecule has 2 nitrogen and oxygen atoms in total. The standard InChI is InChI=1S/C8H17BO2S/c1-7(2)8(3,4)11-9(10-7)5-6-12/h12H,5-6H2,1-4H3. The van der Waals surface area contributed by atoms with Crippen LogP contribution in [0.1, 0.15) is 27.7 Å². The summed E-state index contributed by atoms with van der Waals surface area (Å²) in [6, 6.07) is 0. The molecule has 0 unspecified atom stereocenters. The van der Waals surface area contributed by atoms with E-state index in [4.69, 9.17) is 9.31 Å². The highest BCUT2D eigenvalue weighted by molar-refractivity contribution is 7.80. The van der Waals surface area contributed by atoms with Crippen molar-refractivity contribution >= 4 is 19.7 Å². The third-order valence-electron chi connectivity index (χ3n) is 2.67. The molecule has 1 heterocycles. The van der Waals surface area contributed by atoms with Gasteiger partial charge in [-0.25, -0.2) is 0 Å². The highest BCUT2D eigenvalue weighted by atomic mass is 32.1. The van der Waals surface area contributed by atoms with Gasteiger partial charge in [0.25, 0.3) is 0 Å². The molecule has 70 valence electrons. The second-order valence-electron chi connectivity index (χ2n) is 4.20. The Morgan fingerprint density at radius 2 is 1.50 bits per heavy atom. The van der Waals surface area contributed by atoms with Gasteiger partial charge in [-0.15, -0.1) is 0 Å². The first-order chi connectivity index (χ1) is 5.39. The van der Waals surface area contributed by atoms with Crippen LogP contribution in [0.4, 0.5) is 0 Å². The molecule has 1 rings (SSSR count). The van der Waals surface area contributed by atoms with Crippen LogP contribution in [-0.2, 0) is 9.31 Å². The molecule has 0 aliphatic carbocycles. The van der Waals surface area contributed by atoms with Crippen molar-refractivity contribution in [2.45, 2.75) is 45.2 Å². The summed E-state index contributed by atoms with van der Waals surface area (Å²) in [6.07, 6.45) is 0.857. The maximum Gasteiger partial charge on any atom is 0.458 e. The van der Waals surface area contributed by atoms with E-state index in [1.165, 1.54) is 0 Å². The van der Waals surface area contributed by atoms with Crippen molar-refractivity contribution in [1.29, 1.82) is 0 Å². The molecular formula is C8H17BO2S. The fourth-order valence-corrected chi connectivity index (χ4v) is 1.40. The minimum absolute atomic E-state index is 0.0764. The first-order valence-corrected chi connectivity index (χ1v) is 4.99.